The summed E-state index contributed by atoms with van der Waals surface area (Å²) in [5.41, 5.74) is -0.652. The van der Waals surface area contributed by atoms with Gasteiger partial charge < -0.3 is 9.47 Å². The van der Waals surface area contributed by atoms with Gasteiger partial charge in [-0.05, 0) is 6.07 Å². The van der Waals surface area contributed by atoms with Crippen LogP contribution in [0.15, 0.2) is 24.3 Å². The lowest BCUT2D eigenvalue weighted by atomic mass is 9.90. The van der Waals surface area contributed by atoms with Crippen LogP contribution in [-0.2, 0) is 9.53 Å². The van der Waals surface area contributed by atoms with Gasteiger partial charge in [-0.1, -0.05) is 18.2 Å². The van der Waals surface area contributed by atoms with Crippen molar-refractivity contribution < 1.29 is 71.3 Å². The molecule has 1 atom stereocenters. The van der Waals surface area contributed by atoms with Gasteiger partial charge in [0.05, 0.1) is 6.10 Å². The number of carbonyl (C=O) groups is 1. The van der Waals surface area contributed by atoms with Crippen LogP contribution in [-0.4, -0.2) is 48.9 Å². The highest BCUT2D eigenvalue weighted by atomic mass is 19.4. The summed E-state index contributed by atoms with van der Waals surface area (Å²) in [7, 11) is 0.563. The monoisotopic (exact) mass is 512 g/mol. The van der Waals surface area contributed by atoms with Crippen LogP contribution >= 0.6 is 0 Å². The smallest absolute Gasteiger partial charge is 0.426 e. The molecule has 3 nitrogen and oxygen atoms in total. The van der Waals surface area contributed by atoms with E-state index >= 15 is 0 Å². The molecule has 1 rings (SSSR count). The lowest BCUT2D eigenvalue weighted by Gasteiger charge is -2.40. The number of methoxy groups -OCH3 is 1. The number of rotatable bonds is 9. The van der Waals surface area contributed by atoms with Gasteiger partial charge in [-0.3, -0.25) is 4.79 Å². The summed E-state index contributed by atoms with van der Waals surface area (Å²) >= 11 is 0. The van der Waals surface area contributed by atoms with Crippen molar-refractivity contribution in [3.05, 3.63) is 29.8 Å². The predicted octanol–water partition coefficient (Wildman–Crippen LogP) is 6.43. The Morgan fingerprint density at radius 1 is 0.788 bits per heavy atom. The highest BCUT2D eigenvalue weighted by molar-refractivity contribution is 5.69. The second kappa shape index (κ2) is 8.83. The molecule has 1 aromatic carbocycles. The fourth-order valence-electron chi connectivity index (χ4n) is 2.48. The molecule has 0 heterocycles. The van der Waals surface area contributed by atoms with E-state index in [1.165, 1.54) is 0 Å². The van der Waals surface area contributed by atoms with Gasteiger partial charge in [0.1, 0.15) is 5.75 Å². The molecule has 0 aliphatic rings. The minimum atomic E-state index is -7.98. The van der Waals surface area contributed by atoms with E-state index in [0.29, 0.717) is 7.11 Å². The Morgan fingerprint density at radius 3 is 1.67 bits per heavy atom. The molecule has 1 aromatic rings. The Kier molecular flexibility index (Phi) is 7.70. The number of esters is 1. The zero-order chi connectivity index (χ0) is 26.3. The summed E-state index contributed by atoms with van der Waals surface area (Å²) in [4.78, 5) is 11.1. The molecule has 0 fully saturated rings. The molecule has 0 spiro atoms. The Balaban J connectivity index is 3.47. The van der Waals surface area contributed by atoms with E-state index in [0.717, 1.165) is 31.2 Å². The summed E-state index contributed by atoms with van der Waals surface area (Å²) in [5, 5.41) is 0. The van der Waals surface area contributed by atoms with Crippen LogP contribution in [0, 0.1) is 0 Å². The highest BCUT2D eigenvalue weighted by Gasteiger charge is 2.90. The lowest BCUT2D eigenvalue weighted by Crippen LogP contribution is -2.70. The fraction of sp³-hybridized carbons (Fsp3) is 0.588. The summed E-state index contributed by atoms with van der Waals surface area (Å²) in [6, 6.07) is 3.95. The second-order valence-corrected chi connectivity index (χ2v) is 6.56. The summed E-state index contributed by atoms with van der Waals surface area (Å²) in [6.45, 7) is 0.824. The van der Waals surface area contributed by atoms with E-state index in [1.807, 2.05) is 0 Å². The molecule has 0 N–H and O–H groups in total. The third kappa shape index (κ3) is 4.84. The van der Waals surface area contributed by atoms with Gasteiger partial charge in [0, 0.05) is 26.0 Å². The van der Waals surface area contributed by atoms with Crippen LogP contribution in [0.25, 0.3) is 0 Å². The third-order valence-corrected chi connectivity index (χ3v) is 4.24. The van der Waals surface area contributed by atoms with Crippen molar-refractivity contribution in [2.45, 2.75) is 55.2 Å². The number of halogens is 13. The van der Waals surface area contributed by atoms with Crippen molar-refractivity contribution in [3.63, 3.8) is 0 Å². The molecule has 0 aliphatic heterocycles. The number of ether oxygens (including phenoxy) is 2. The SMILES string of the molecule is COC(CC(F)(F)C(F)(F)C(F)(F)C(F)(F)C(F)(F)C(F)(F)F)c1ccccc1OC(C)=O. The van der Waals surface area contributed by atoms with E-state index in [9.17, 15) is 61.9 Å². The van der Waals surface area contributed by atoms with Gasteiger partial charge in [0.2, 0.25) is 0 Å². The van der Waals surface area contributed by atoms with E-state index in [2.05, 4.69) is 9.47 Å². The van der Waals surface area contributed by atoms with Crippen LogP contribution in [0.1, 0.15) is 25.0 Å². The first-order valence-corrected chi connectivity index (χ1v) is 8.34. The largest absolute Gasteiger partial charge is 0.460 e. The Bertz CT molecular complexity index is 849. The molecule has 0 radical (unpaired) electrons. The van der Waals surface area contributed by atoms with Crippen LogP contribution in [0.3, 0.4) is 0 Å². The maximum absolute atomic E-state index is 14.2. The number of benzene rings is 1. The maximum atomic E-state index is 14.2. The van der Waals surface area contributed by atoms with Gasteiger partial charge in [0.15, 0.2) is 0 Å². The standard InChI is InChI=1S/C17H13F13O3/c1-8(31)33-10-6-4-3-5-9(10)11(32-2)7-12(18,19)13(20,21)14(22,23)15(24,25)16(26,27)17(28,29)30/h3-6,11H,7H2,1-2H3. The summed E-state index contributed by atoms with van der Waals surface area (Å²) < 4.78 is 181. The lowest BCUT2D eigenvalue weighted by molar-refractivity contribution is -0.440. The summed E-state index contributed by atoms with van der Waals surface area (Å²) in [6.07, 6.45) is -12.5. The average Bonchev–Trinajstić information content (AvgIpc) is 2.64. The number of para-hydroxylation sites is 1. The molecule has 0 bridgehead atoms. The van der Waals surface area contributed by atoms with Crippen molar-refractivity contribution in [1.82, 2.24) is 0 Å². The Morgan fingerprint density at radius 2 is 1.24 bits per heavy atom. The first kappa shape index (κ1) is 28.8. The van der Waals surface area contributed by atoms with Gasteiger partial charge in [-0.2, -0.15) is 57.1 Å². The van der Waals surface area contributed by atoms with Crippen LogP contribution in [0.2, 0.25) is 0 Å². The molecular formula is C17H13F13O3. The van der Waals surface area contributed by atoms with Gasteiger partial charge in [-0.25, -0.2) is 0 Å². The van der Waals surface area contributed by atoms with Crippen LogP contribution in [0.5, 0.6) is 5.75 Å². The molecule has 190 valence electrons. The average molecular weight is 512 g/mol. The van der Waals surface area contributed by atoms with Gasteiger partial charge >= 0.3 is 41.8 Å². The minimum Gasteiger partial charge on any atom is -0.426 e. The molecule has 33 heavy (non-hydrogen) atoms. The number of carbonyl (C=O) groups excluding carboxylic acids is 1. The molecule has 0 saturated carbocycles. The molecule has 0 aliphatic carbocycles. The third-order valence-electron chi connectivity index (χ3n) is 4.24. The van der Waals surface area contributed by atoms with E-state index < -0.39 is 65.6 Å². The topological polar surface area (TPSA) is 35.5 Å². The molecular weight excluding hydrogens is 499 g/mol. The highest BCUT2D eigenvalue weighted by Crippen LogP contribution is 2.61. The van der Waals surface area contributed by atoms with Crippen molar-refractivity contribution in [1.29, 1.82) is 0 Å². The van der Waals surface area contributed by atoms with Crippen molar-refractivity contribution in [3.8, 4) is 5.75 Å². The van der Waals surface area contributed by atoms with E-state index in [4.69, 9.17) is 0 Å². The normalized spacial score (nSPS) is 15.4. The number of hydrogen-bond acceptors (Lipinski definition) is 3. The first-order chi connectivity index (χ1) is 14.6. The predicted molar refractivity (Wildman–Crippen MR) is 82.9 cm³/mol. The Hall–Kier alpha value is -2.26. The van der Waals surface area contributed by atoms with E-state index in [1.54, 1.807) is 0 Å². The fourth-order valence-corrected chi connectivity index (χ4v) is 2.48. The maximum Gasteiger partial charge on any atom is 0.460 e. The molecule has 0 aromatic heterocycles. The van der Waals surface area contributed by atoms with Gasteiger partial charge in [0.25, 0.3) is 0 Å². The minimum absolute atomic E-state index is 0.563. The van der Waals surface area contributed by atoms with Crippen molar-refractivity contribution in [2.75, 3.05) is 7.11 Å². The zero-order valence-electron chi connectivity index (χ0n) is 16.2. The molecule has 0 amide bonds. The van der Waals surface area contributed by atoms with Crippen LogP contribution < -0.4 is 4.74 Å². The molecule has 0 saturated heterocycles. The zero-order valence-corrected chi connectivity index (χ0v) is 16.2. The number of alkyl halides is 13. The first-order valence-electron chi connectivity index (χ1n) is 8.34. The Labute approximate surface area is 176 Å². The number of hydrogen-bond donors (Lipinski definition) is 0. The van der Waals surface area contributed by atoms with Crippen molar-refractivity contribution in [2.24, 2.45) is 0 Å². The quantitative estimate of drug-likeness (QED) is 0.218. The second-order valence-electron chi connectivity index (χ2n) is 6.56. The summed E-state index contributed by atoms with van der Waals surface area (Å²) in [5.74, 6) is -39.1. The van der Waals surface area contributed by atoms with Crippen molar-refractivity contribution >= 4 is 5.97 Å². The molecule has 1 unspecified atom stereocenters. The molecule has 16 heteroatoms. The van der Waals surface area contributed by atoms with Crippen LogP contribution in [0.4, 0.5) is 57.1 Å². The van der Waals surface area contributed by atoms with Gasteiger partial charge in [-0.15, -0.1) is 0 Å². The van der Waals surface area contributed by atoms with E-state index in [-0.39, 0.29) is 0 Å².